The van der Waals surface area contributed by atoms with E-state index in [9.17, 15) is 0 Å². The van der Waals surface area contributed by atoms with Crippen molar-refractivity contribution >= 4 is 27.5 Å². The number of halogens is 2. The van der Waals surface area contributed by atoms with Gasteiger partial charge in [0.05, 0.1) is 7.11 Å². The first-order valence-corrected chi connectivity index (χ1v) is 7.69. The normalized spacial score (nSPS) is 10.4. The Morgan fingerprint density at radius 3 is 2.50 bits per heavy atom. The van der Waals surface area contributed by atoms with E-state index < -0.39 is 0 Å². The van der Waals surface area contributed by atoms with Gasteiger partial charge in [-0.15, -0.1) is 11.6 Å². The molecule has 2 aromatic rings. The molecule has 0 aliphatic rings. The highest BCUT2D eigenvalue weighted by Crippen LogP contribution is 2.34. The molecule has 0 aliphatic heterocycles. The van der Waals surface area contributed by atoms with E-state index >= 15 is 0 Å². The van der Waals surface area contributed by atoms with Crippen LogP contribution in [0.25, 0.3) is 0 Å². The van der Waals surface area contributed by atoms with Gasteiger partial charge in [0.25, 0.3) is 0 Å². The van der Waals surface area contributed by atoms with Gasteiger partial charge >= 0.3 is 0 Å². The lowest BCUT2D eigenvalue weighted by atomic mass is 10.1. The van der Waals surface area contributed by atoms with Crippen molar-refractivity contribution in [3.05, 3.63) is 52.0 Å². The van der Waals surface area contributed by atoms with Gasteiger partial charge < -0.3 is 9.47 Å². The third-order valence-electron chi connectivity index (χ3n) is 3.03. The topological polar surface area (TPSA) is 18.5 Å². The molecule has 0 saturated carbocycles. The molecule has 106 valence electrons. The monoisotopic (exact) mass is 354 g/mol. The molecule has 0 N–H and O–H groups in total. The van der Waals surface area contributed by atoms with Crippen molar-refractivity contribution in [1.82, 2.24) is 0 Å². The minimum atomic E-state index is 0.468. The molecule has 2 nitrogen and oxygen atoms in total. The van der Waals surface area contributed by atoms with E-state index in [1.165, 1.54) is 5.56 Å². The summed E-state index contributed by atoms with van der Waals surface area (Å²) in [5, 5.41) is 0. The van der Waals surface area contributed by atoms with E-state index in [1.54, 1.807) is 7.11 Å². The largest absolute Gasteiger partial charge is 0.493 e. The van der Waals surface area contributed by atoms with Crippen molar-refractivity contribution < 1.29 is 9.47 Å². The number of aryl methyl sites for hydroxylation is 1. The Morgan fingerprint density at radius 1 is 1.10 bits per heavy atom. The Morgan fingerprint density at radius 2 is 1.90 bits per heavy atom. The second kappa shape index (κ2) is 7.00. The fraction of sp³-hybridized carbons (Fsp3) is 0.250. The summed E-state index contributed by atoms with van der Waals surface area (Å²) in [6, 6.07) is 11.7. The number of methoxy groups -OCH3 is 1. The van der Waals surface area contributed by atoms with E-state index in [1.807, 2.05) is 36.4 Å². The number of benzene rings is 2. The number of hydrogen-bond donors (Lipinski definition) is 0. The summed E-state index contributed by atoms with van der Waals surface area (Å²) in [4.78, 5) is 0. The van der Waals surface area contributed by atoms with Gasteiger partial charge in [0.1, 0.15) is 5.75 Å². The average molecular weight is 356 g/mol. The summed E-state index contributed by atoms with van der Waals surface area (Å²) in [6.45, 7) is 2.11. The van der Waals surface area contributed by atoms with E-state index in [0.29, 0.717) is 11.6 Å². The Kier molecular flexibility index (Phi) is 5.32. The first kappa shape index (κ1) is 15.2. The lowest BCUT2D eigenvalue weighted by molar-refractivity contribution is 0.378. The second-order valence-electron chi connectivity index (χ2n) is 4.33. The van der Waals surface area contributed by atoms with Crippen LogP contribution >= 0.6 is 27.5 Å². The predicted octanol–water partition coefficient (Wildman–Crippen LogP) is 5.55. The lowest BCUT2D eigenvalue weighted by Gasteiger charge is -2.12. The number of ether oxygens (including phenoxy) is 2. The molecule has 2 aromatic carbocycles. The minimum Gasteiger partial charge on any atom is -0.493 e. The molecule has 0 spiro atoms. The zero-order valence-electron chi connectivity index (χ0n) is 11.5. The van der Waals surface area contributed by atoms with Gasteiger partial charge in [0.2, 0.25) is 0 Å². The Labute approximate surface area is 132 Å². The molecular weight excluding hydrogens is 340 g/mol. The maximum absolute atomic E-state index is 5.88. The zero-order valence-corrected chi connectivity index (χ0v) is 13.8. The standard InChI is InChI=1S/C16H16BrClO2/c1-3-11-4-7-15(16(8-11)19-2)20-13-6-5-12(10-18)14(17)9-13/h4-9H,3,10H2,1-2H3. The second-order valence-corrected chi connectivity index (χ2v) is 5.45. The average Bonchev–Trinajstić information content (AvgIpc) is 2.48. The number of rotatable bonds is 5. The van der Waals surface area contributed by atoms with Crippen LogP contribution in [0.5, 0.6) is 17.2 Å². The molecule has 2 rings (SSSR count). The molecule has 0 saturated heterocycles. The summed E-state index contributed by atoms with van der Waals surface area (Å²) in [5.74, 6) is 2.65. The first-order valence-electron chi connectivity index (χ1n) is 6.37. The van der Waals surface area contributed by atoms with Crippen molar-refractivity contribution in [2.24, 2.45) is 0 Å². The zero-order chi connectivity index (χ0) is 14.5. The van der Waals surface area contributed by atoms with E-state index in [4.69, 9.17) is 21.1 Å². The van der Waals surface area contributed by atoms with Crippen molar-refractivity contribution in [3.8, 4) is 17.2 Å². The Balaban J connectivity index is 2.27. The molecule has 0 heterocycles. The lowest BCUT2D eigenvalue weighted by Crippen LogP contribution is -1.92. The van der Waals surface area contributed by atoms with Crippen molar-refractivity contribution in [2.45, 2.75) is 19.2 Å². The predicted molar refractivity (Wildman–Crippen MR) is 86.1 cm³/mol. The molecule has 0 unspecified atom stereocenters. The molecule has 0 fully saturated rings. The SMILES string of the molecule is CCc1ccc(Oc2ccc(CCl)c(Br)c2)c(OC)c1. The summed E-state index contributed by atoms with van der Waals surface area (Å²) in [7, 11) is 1.65. The fourth-order valence-electron chi connectivity index (χ4n) is 1.84. The highest BCUT2D eigenvalue weighted by molar-refractivity contribution is 9.10. The Bertz CT molecular complexity index is 599. The van der Waals surface area contributed by atoms with E-state index in [-0.39, 0.29) is 0 Å². The summed E-state index contributed by atoms with van der Waals surface area (Å²) >= 11 is 9.32. The third kappa shape index (κ3) is 3.47. The van der Waals surface area contributed by atoms with Crippen LogP contribution in [0.1, 0.15) is 18.1 Å². The fourth-order valence-corrected chi connectivity index (χ4v) is 2.74. The van der Waals surface area contributed by atoms with Crippen LogP contribution in [-0.4, -0.2) is 7.11 Å². The highest BCUT2D eigenvalue weighted by atomic mass is 79.9. The molecule has 4 heteroatoms. The minimum absolute atomic E-state index is 0.468. The van der Waals surface area contributed by atoms with Crippen LogP contribution in [0.15, 0.2) is 40.9 Å². The molecule has 0 atom stereocenters. The van der Waals surface area contributed by atoms with Gasteiger partial charge in [-0.05, 0) is 41.8 Å². The molecule has 0 amide bonds. The third-order valence-corrected chi connectivity index (χ3v) is 4.06. The van der Waals surface area contributed by atoms with E-state index in [2.05, 4.69) is 22.9 Å². The summed E-state index contributed by atoms with van der Waals surface area (Å²) < 4.78 is 12.2. The molecule has 0 bridgehead atoms. The van der Waals surface area contributed by atoms with E-state index in [0.717, 1.165) is 28.0 Å². The number of hydrogen-bond acceptors (Lipinski definition) is 2. The van der Waals surface area contributed by atoms with Gasteiger partial charge in [-0.25, -0.2) is 0 Å². The van der Waals surface area contributed by atoms with Crippen molar-refractivity contribution in [1.29, 1.82) is 0 Å². The smallest absolute Gasteiger partial charge is 0.169 e. The maximum Gasteiger partial charge on any atom is 0.169 e. The molecule has 0 radical (unpaired) electrons. The van der Waals surface area contributed by atoms with Gasteiger partial charge in [0.15, 0.2) is 11.5 Å². The highest BCUT2D eigenvalue weighted by Gasteiger charge is 2.08. The van der Waals surface area contributed by atoms with Crippen LogP contribution in [0.2, 0.25) is 0 Å². The molecule has 20 heavy (non-hydrogen) atoms. The van der Waals surface area contributed by atoms with Gasteiger partial charge in [-0.3, -0.25) is 0 Å². The van der Waals surface area contributed by atoms with Crippen LogP contribution in [0.3, 0.4) is 0 Å². The van der Waals surface area contributed by atoms with Crippen molar-refractivity contribution in [2.75, 3.05) is 7.11 Å². The molecule has 0 aromatic heterocycles. The molecule has 0 aliphatic carbocycles. The first-order chi connectivity index (χ1) is 9.67. The maximum atomic E-state index is 5.88. The van der Waals surface area contributed by atoms with Crippen LogP contribution < -0.4 is 9.47 Å². The van der Waals surface area contributed by atoms with Crippen molar-refractivity contribution in [3.63, 3.8) is 0 Å². The van der Waals surface area contributed by atoms with Gasteiger partial charge in [0, 0.05) is 10.4 Å². The van der Waals surface area contributed by atoms with Crippen LogP contribution in [-0.2, 0) is 12.3 Å². The summed E-state index contributed by atoms with van der Waals surface area (Å²) in [5.41, 5.74) is 2.25. The Hall–Kier alpha value is -1.19. The van der Waals surface area contributed by atoms with Crippen LogP contribution in [0.4, 0.5) is 0 Å². The summed E-state index contributed by atoms with van der Waals surface area (Å²) in [6.07, 6.45) is 0.965. The number of alkyl halides is 1. The molecular formula is C16H16BrClO2. The quantitative estimate of drug-likeness (QED) is 0.655. The van der Waals surface area contributed by atoms with Crippen LogP contribution in [0, 0.1) is 0 Å². The van der Waals surface area contributed by atoms with Gasteiger partial charge in [-0.2, -0.15) is 0 Å². The van der Waals surface area contributed by atoms with Gasteiger partial charge in [-0.1, -0.05) is 35.0 Å².